The molecule has 2 aromatic rings. The zero-order chi connectivity index (χ0) is 13.7. The van der Waals surface area contributed by atoms with Crippen molar-refractivity contribution in [1.29, 1.82) is 0 Å². The van der Waals surface area contributed by atoms with Gasteiger partial charge >= 0.3 is 0 Å². The second-order valence-corrected chi connectivity index (χ2v) is 4.86. The summed E-state index contributed by atoms with van der Waals surface area (Å²) in [5.74, 6) is 0. The number of rotatable bonds is 7. The zero-order valence-corrected chi connectivity index (χ0v) is 11.7. The summed E-state index contributed by atoms with van der Waals surface area (Å²) < 4.78 is 3.40. The summed E-state index contributed by atoms with van der Waals surface area (Å²) in [6, 6.07) is 2.11. The molecule has 1 N–H and O–H groups in total. The molecule has 19 heavy (non-hydrogen) atoms. The molecule has 5 nitrogen and oxygen atoms in total. The van der Waals surface area contributed by atoms with E-state index in [9.17, 15) is 4.79 Å². The van der Waals surface area contributed by atoms with E-state index >= 15 is 0 Å². The third-order valence-corrected chi connectivity index (χ3v) is 3.28. The van der Waals surface area contributed by atoms with Gasteiger partial charge in [-0.05, 0) is 25.5 Å². The Kier molecular flexibility index (Phi) is 4.74. The topological polar surface area (TPSA) is 51.3 Å². The Hall–Kier alpha value is -1.62. The Labute approximate surface area is 113 Å². The van der Waals surface area contributed by atoms with Crippen LogP contribution in [0.4, 0.5) is 0 Å². The Balaban J connectivity index is 2.18. The van der Waals surface area contributed by atoms with E-state index in [1.807, 2.05) is 12.4 Å². The third-order valence-electron chi connectivity index (χ3n) is 3.28. The van der Waals surface area contributed by atoms with Gasteiger partial charge < -0.3 is 9.88 Å². The molecular formula is C14H22N4O. The average Bonchev–Trinajstić information content (AvgIpc) is 2.88. The molecule has 0 radical (unpaired) electrons. The fourth-order valence-electron chi connectivity index (χ4n) is 2.30. The van der Waals surface area contributed by atoms with Gasteiger partial charge in [-0.3, -0.25) is 4.79 Å². The molecule has 0 saturated carbocycles. The van der Waals surface area contributed by atoms with Crippen LogP contribution in [0.5, 0.6) is 0 Å². The third kappa shape index (κ3) is 3.23. The molecule has 104 valence electrons. The van der Waals surface area contributed by atoms with Crippen LogP contribution in [-0.2, 0) is 6.54 Å². The number of hydrogen-bond donors (Lipinski definition) is 1. The monoisotopic (exact) mass is 262 g/mol. The smallest absolute Gasteiger partial charge is 0.276 e. The summed E-state index contributed by atoms with van der Waals surface area (Å²) in [6.45, 7) is 6.03. The van der Waals surface area contributed by atoms with Crippen LogP contribution < -0.4 is 10.9 Å². The van der Waals surface area contributed by atoms with Gasteiger partial charge in [-0.15, -0.1) is 0 Å². The summed E-state index contributed by atoms with van der Waals surface area (Å²) in [5.41, 5.74) is 0.660. The summed E-state index contributed by atoms with van der Waals surface area (Å²) in [7, 11) is 0. The Morgan fingerprint density at radius 2 is 2.16 bits per heavy atom. The molecule has 2 heterocycles. The normalized spacial score (nSPS) is 12.9. The molecule has 0 aliphatic carbocycles. The molecule has 0 aliphatic heterocycles. The summed E-state index contributed by atoms with van der Waals surface area (Å²) in [4.78, 5) is 12.3. The quantitative estimate of drug-likeness (QED) is 0.825. The molecule has 2 aromatic heterocycles. The maximum absolute atomic E-state index is 12.3. The SMILES string of the molecule is CCCNC(CCC)Cn1ccn2nccc2c1=O. The highest BCUT2D eigenvalue weighted by Crippen LogP contribution is 2.01. The number of hydrogen-bond acceptors (Lipinski definition) is 3. The first-order valence-electron chi connectivity index (χ1n) is 7.02. The van der Waals surface area contributed by atoms with Crippen LogP contribution in [0.3, 0.4) is 0 Å². The highest BCUT2D eigenvalue weighted by molar-refractivity contribution is 5.42. The maximum atomic E-state index is 12.3. The van der Waals surface area contributed by atoms with Crippen molar-refractivity contribution in [3.8, 4) is 0 Å². The van der Waals surface area contributed by atoms with Crippen molar-refractivity contribution in [3.05, 3.63) is 35.0 Å². The molecule has 0 bridgehead atoms. The molecule has 0 fully saturated rings. The average molecular weight is 262 g/mol. The molecule has 2 rings (SSSR count). The lowest BCUT2D eigenvalue weighted by Crippen LogP contribution is -2.37. The zero-order valence-electron chi connectivity index (χ0n) is 11.7. The summed E-state index contributed by atoms with van der Waals surface area (Å²) in [6.07, 6.45) is 8.61. The lowest BCUT2D eigenvalue weighted by molar-refractivity contribution is 0.415. The van der Waals surface area contributed by atoms with Crippen LogP contribution in [-0.4, -0.2) is 26.8 Å². The molecule has 0 saturated heterocycles. The van der Waals surface area contributed by atoms with Crippen LogP contribution in [0.2, 0.25) is 0 Å². The Bertz CT molecular complexity index is 572. The highest BCUT2D eigenvalue weighted by Gasteiger charge is 2.10. The minimum Gasteiger partial charge on any atom is -0.312 e. The van der Waals surface area contributed by atoms with Gasteiger partial charge in [0, 0.05) is 25.0 Å². The number of nitrogens with zero attached hydrogens (tertiary/aromatic N) is 3. The van der Waals surface area contributed by atoms with Gasteiger partial charge in [0.25, 0.3) is 5.56 Å². The van der Waals surface area contributed by atoms with Gasteiger partial charge in [0.1, 0.15) is 5.52 Å². The minimum absolute atomic E-state index is 0.0272. The summed E-state index contributed by atoms with van der Waals surface area (Å²) >= 11 is 0. The van der Waals surface area contributed by atoms with E-state index in [2.05, 4.69) is 24.3 Å². The number of aromatic nitrogens is 3. The van der Waals surface area contributed by atoms with Gasteiger partial charge in [0.2, 0.25) is 0 Å². The fourth-order valence-corrected chi connectivity index (χ4v) is 2.30. The highest BCUT2D eigenvalue weighted by atomic mass is 16.1. The predicted octanol–water partition coefficient (Wildman–Crippen LogP) is 1.66. The van der Waals surface area contributed by atoms with E-state index < -0.39 is 0 Å². The van der Waals surface area contributed by atoms with Crippen LogP contribution >= 0.6 is 0 Å². The van der Waals surface area contributed by atoms with E-state index in [-0.39, 0.29) is 5.56 Å². The van der Waals surface area contributed by atoms with Crippen molar-refractivity contribution in [2.24, 2.45) is 0 Å². The predicted molar refractivity (Wildman–Crippen MR) is 76.4 cm³/mol. The van der Waals surface area contributed by atoms with Gasteiger partial charge in [-0.25, -0.2) is 4.52 Å². The molecule has 0 amide bonds. The van der Waals surface area contributed by atoms with Crippen molar-refractivity contribution in [3.63, 3.8) is 0 Å². The first-order valence-corrected chi connectivity index (χ1v) is 7.02. The van der Waals surface area contributed by atoms with Crippen molar-refractivity contribution in [2.75, 3.05) is 6.54 Å². The maximum Gasteiger partial charge on any atom is 0.276 e. The number of nitrogens with one attached hydrogen (secondary N) is 1. The number of fused-ring (bicyclic) bond motifs is 1. The van der Waals surface area contributed by atoms with E-state index in [1.165, 1.54) is 0 Å². The molecule has 0 spiro atoms. The molecule has 0 aromatic carbocycles. The summed E-state index contributed by atoms with van der Waals surface area (Å²) in [5, 5.41) is 7.58. The first kappa shape index (κ1) is 13.8. The van der Waals surface area contributed by atoms with Crippen molar-refractivity contribution in [1.82, 2.24) is 19.5 Å². The van der Waals surface area contributed by atoms with Gasteiger partial charge in [-0.1, -0.05) is 20.3 Å². The van der Waals surface area contributed by atoms with Crippen molar-refractivity contribution in [2.45, 2.75) is 45.7 Å². The van der Waals surface area contributed by atoms with Crippen molar-refractivity contribution >= 4 is 5.52 Å². The molecular weight excluding hydrogens is 240 g/mol. The Morgan fingerprint density at radius 1 is 1.32 bits per heavy atom. The second kappa shape index (κ2) is 6.52. The lowest BCUT2D eigenvalue weighted by Gasteiger charge is -2.19. The van der Waals surface area contributed by atoms with E-state index in [1.54, 1.807) is 21.3 Å². The van der Waals surface area contributed by atoms with Crippen LogP contribution in [0.15, 0.2) is 29.5 Å². The van der Waals surface area contributed by atoms with E-state index in [0.29, 0.717) is 18.1 Å². The second-order valence-electron chi connectivity index (χ2n) is 4.86. The lowest BCUT2D eigenvalue weighted by atomic mass is 10.1. The minimum atomic E-state index is 0.0272. The van der Waals surface area contributed by atoms with Crippen LogP contribution in [0.1, 0.15) is 33.1 Å². The largest absolute Gasteiger partial charge is 0.312 e. The first-order chi connectivity index (χ1) is 9.26. The standard InChI is InChI=1S/C14H22N4O/c1-3-5-12(15-7-4-2)11-17-9-10-18-13(14(17)19)6-8-16-18/h6,8-10,12,15H,3-5,7,11H2,1-2H3. The van der Waals surface area contributed by atoms with Crippen LogP contribution in [0.25, 0.3) is 5.52 Å². The van der Waals surface area contributed by atoms with E-state index in [4.69, 9.17) is 0 Å². The molecule has 1 atom stereocenters. The van der Waals surface area contributed by atoms with Gasteiger partial charge in [0.05, 0.1) is 6.20 Å². The van der Waals surface area contributed by atoms with Gasteiger partial charge in [-0.2, -0.15) is 5.10 Å². The Morgan fingerprint density at radius 3 is 2.89 bits per heavy atom. The van der Waals surface area contributed by atoms with Crippen molar-refractivity contribution < 1.29 is 0 Å². The van der Waals surface area contributed by atoms with Crippen LogP contribution in [0, 0.1) is 0 Å². The van der Waals surface area contributed by atoms with Gasteiger partial charge in [0.15, 0.2) is 0 Å². The molecule has 0 aliphatic rings. The fraction of sp³-hybridized carbons (Fsp3) is 0.571. The molecule has 1 unspecified atom stereocenters. The molecule has 5 heteroatoms. The van der Waals surface area contributed by atoms with E-state index in [0.717, 1.165) is 25.8 Å².